The van der Waals surface area contributed by atoms with Crippen LogP contribution >= 0.6 is 34.8 Å². The maximum Gasteiger partial charge on any atom is 0.300 e. The zero-order chi connectivity index (χ0) is 25.4. The summed E-state index contributed by atoms with van der Waals surface area (Å²) in [6, 6.07) is 12.4. The van der Waals surface area contributed by atoms with Gasteiger partial charge < -0.3 is 19.7 Å². The molecule has 0 saturated carbocycles. The van der Waals surface area contributed by atoms with Crippen molar-refractivity contribution in [2.24, 2.45) is 0 Å². The Hall–Kier alpha value is -3.39. The minimum absolute atomic E-state index is 0.00456. The van der Waals surface area contributed by atoms with Gasteiger partial charge in [-0.15, -0.1) is 0 Å². The van der Waals surface area contributed by atoms with Gasteiger partial charge in [-0.1, -0.05) is 46.9 Å². The molecule has 4 rings (SSSR count). The molecule has 7 nitrogen and oxygen atoms in total. The average molecular weight is 535 g/mol. The number of phenols is 1. The van der Waals surface area contributed by atoms with Crippen LogP contribution in [0, 0.1) is 0 Å². The van der Waals surface area contributed by atoms with E-state index in [2.05, 4.69) is 0 Å². The van der Waals surface area contributed by atoms with Crippen molar-refractivity contribution in [3.63, 3.8) is 0 Å². The van der Waals surface area contributed by atoms with Crippen LogP contribution < -0.4 is 14.4 Å². The molecule has 1 heterocycles. The van der Waals surface area contributed by atoms with Crippen molar-refractivity contribution in [2.45, 2.75) is 6.04 Å². The molecule has 180 valence electrons. The molecule has 3 aromatic rings. The van der Waals surface area contributed by atoms with Crippen LogP contribution in [0.15, 0.2) is 60.2 Å². The highest BCUT2D eigenvalue weighted by atomic mass is 35.5. The number of aliphatic hydroxyl groups excluding tert-OH is 1. The highest BCUT2D eigenvalue weighted by Crippen LogP contribution is 2.46. The number of phenolic OH excluding ortho intramolecular Hbond substituents is 1. The molecule has 0 aromatic heterocycles. The first-order valence-corrected chi connectivity index (χ1v) is 11.3. The number of aromatic hydroxyl groups is 1. The number of anilines is 1. The first kappa shape index (κ1) is 24.7. The van der Waals surface area contributed by atoms with E-state index in [9.17, 15) is 19.8 Å². The number of amides is 1. The Balaban J connectivity index is 2.02. The van der Waals surface area contributed by atoms with E-state index in [0.29, 0.717) is 16.3 Å². The van der Waals surface area contributed by atoms with E-state index in [1.165, 1.54) is 55.5 Å². The molecule has 1 aliphatic rings. The lowest BCUT2D eigenvalue weighted by Gasteiger charge is -2.26. The number of hydrogen-bond donors (Lipinski definition) is 2. The summed E-state index contributed by atoms with van der Waals surface area (Å²) in [6.45, 7) is 0. The number of Topliss-reactive ketones (excluding diaryl/α,β-unsaturated/α-hetero) is 1. The Morgan fingerprint density at radius 2 is 1.63 bits per heavy atom. The molecule has 3 aromatic carbocycles. The molecule has 2 N–H and O–H groups in total. The second-order valence-electron chi connectivity index (χ2n) is 7.55. The van der Waals surface area contributed by atoms with Crippen LogP contribution in [0.25, 0.3) is 5.76 Å². The maximum atomic E-state index is 13.3. The number of hydrogen-bond acceptors (Lipinski definition) is 6. The number of carbonyl (C=O) groups is 2. The van der Waals surface area contributed by atoms with Gasteiger partial charge in [0.05, 0.1) is 41.4 Å². The van der Waals surface area contributed by atoms with Gasteiger partial charge in [0.15, 0.2) is 0 Å². The third kappa shape index (κ3) is 4.38. The smallest absolute Gasteiger partial charge is 0.300 e. The van der Waals surface area contributed by atoms with Crippen LogP contribution in [-0.4, -0.2) is 36.1 Å². The summed E-state index contributed by atoms with van der Waals surface area (Å²) in [4.78, 5) is 27.8. The molecule has 10 heteroatoms. The maximum absolute atomic E-state index is 13.3. The molecule has 1 aliphatic heterocycles. The Morgan fingerprint density at radius 1 is 0.914 bits per heavy atom. The van der Waals surface area contributed by atoms with Crippen molar-refractivity contribution < 1.29 is 29.3 Å². The van der Waals surface area contributed by atoms with Crippen molar-refractivity contribution in [3.05, 3.63) is 86.4 Å². The van der Waals surface area contributed by atoms with Crippen molar-refractivity contribution in [3.8, 4) is 17.2 Å². The zero-order valence-electron chi connectivity index (χ0n) is 18.4. The van der Waals surface area contributed by atoms with Gasteiger partial charge in [0.1, 0.15) is 23.0 Å². The minimum atomic E-state index is -1.10. The van der Waals surface area contributed by atoms with Crippen molar-refractivity contribution in [2.75, 3.05) is 19.1 Å². The quantitative estimate of drug-likeness (QED) is 0.237. The summed E-state index contributed by atoms with van der Waals surface area (Å²) >= 11 is 18.5. The Bertz CT molecular complexity index is 1390. The minimum Gasteiger partial charge on any atom is -0.507 e. The van der Waals surface area contributed by atoms with E-state index in [4.69, 9.17) is 44.3 Å². The third-order valence-electron chi connectivity index (χ3n) is 5.55. The van der Waals surface area contributed by atoms with Crippen molar-refractivity contribution in [1.82, 2.24) is 0 Å². The summed E-state index contributed by atoms with van der Waals surface area (Å²) in [5.74, 6) is -2.13. The molecule has 0 bridgehead atoms. The predicted octanol–water partition coefficient (Wildman–Crippen LogP) is 6.00. The van der Waals surface area contributed by atoms with E-state index in [1.807, 2.05) is 0 Å². The summed E-state index contributed by atoms with van der Waals surface area (Å²) < 4.78 is 10.6. The van der Waals surface area contributed by atoms with Crippen LogP contribution in [0.5, 0.6) is 17.2 Å². The molecule has 0 aliphatic carbocycles. The molecule has 1 saturated heterocycles. The number of methoxy groups -OCH3 is 2. The molecule has 35 heavy (non-hydrogen) atoms. The summed E-state index contributed by atoms with van der Waals surface area (Å²) in [5, 5.41) is 21.9. The van der Waals surface area contributed by atoms with Crippen LogP contribution in [-0.2, 0) is 9.59 Å². The normalized spacial score (nSPS) is 17.1. The van der Waals surface area contributed by atoms with Gasteiger partial charge in [-0.3, -0.25) is 14.5 Å². The lowest BCUT2D eigenvalue weighted by Crippen LogP contribution is -2.29. The van der Waals surface area contributed by atoms with Crippen LogP contribution in [0.2, 0.25) is 15.1 Å². The number of carbonyl (C=O) groups excluding carboxylic acids is 2. The molecular weight excluding hydrogens is 517 g/mol. The fourth-order valence-corrected chi connectivity index (χ4v) is 4.53. The Labute approximate surface area is 215 Å². The monoisotopic (exact) mass is 533 g/mol. The zero-order valence-corrected chi connectivity index (χ0v) is 20.6. The Kier molecular flexibility index (Phi) is 6.85. The predicted molar refractivity (Wildman–Crippen MR) is 134 cm³/mol. The Morgan fingerprint density at radius 3 is 2.26 bits per heavy atom. The van der Waals surface area contributed by atoms with Gasteiger partial charge in [-0.25, -0.2) is 0 Å². The third-order valence-corrected chi connectivity index (χ3v) is 6.38. The number of benzene rings is 3. The van der Waals surface area contributed by atoms with Gasteiger partial charge in [-0.2, -0.15) is 0 Å². The molecule has 1 fully saturated rings. The number of rotatable bonds is 5. The van der Waals surface area contributed by atoms with Crippen molar-refractivity contribution >= 4 is 57.9 Å². The lowest BCUT2D eigenvalue weighted by molar-refractivity contribution is -0.132. The second-order valence-corrected chi connectivity index (χ2v) is 8.80. The van der Waals surface area contributed by atoms with Crippen molar-refractivity contribution in [1.29, 1.82) is 0 Å². The number of halogens is 3. The van der Waals surface area contributed by atoms with E-state index in [0.717, 1.165) is 0 Å². The van der Waals surface area contributed by atoms with Gasteiger partial charge in [-0.05, 0) is 42.0 Å². The molecular formula is C25H18Cl3NO6. The number of aliphatic hydroxyl groups is 1. The first-order valence-electron chi connectivity index (χ1n) is 10.1. The molecule has 0 spiro atoms. The summed E-state index contributed by atoms with van der Waals surface area (Å²) in [5.41, 5.74) is 0.564. The largest absolute Gasteiger partial charge is 0.507 e. The van der Waals surface area contributed by atoms with Gasteiger partial charge in [0.2, 0.25) is 0 Å². The fraction of sp³-hybridized carbons (Fsp3) is 0.120. The SMILES string of the molecule is COc1cc(/C(O)=C2\C(=O)C(=O)N(c3cccc(Cl)c3)C2c2ccc(O)c(Cl)c2)c(OC)cc1Cl. The number of nitrogens with zero attached hydrogens (tertiary/aromatic N) is 1. The first-order chi connectivity index (χ1) is 16.7. The topological polar surface area (TPSA) is 96.3 Å². The van der Waals surface area contributed by atoms with E-state index in [1.54, 1.807) is 18.2 Å². The fourth-order valence-electron chi connectivity index (χ4n) is 3.92. The summed E-state index contributed by atoms with van der Waals surface area (Å²) in [6.07, 6.45) is 0. The highest BCUT2D eigenvalue weighted by molar-refractivity contribution is 6.52. The van der Waals surface area contributed by atoms with Gasteiger partial charge >= 0.3 is 0 Å². The van der Waals surface area contributed by atoms with Crippen LogP contribution in [0.4, 0.5) is 5.69 Å². The molecule has 1 atom stereocenters. The van der Waals surface area contributed by atoms with E-state index < -0.39 is 23.5 Å². The molecule has 1 amide bonds. The van der Waals surface area contributed by atoms with Gasteiger partial charge in [0, 0.05) is 16.8 Å². The lowest BCUT2D eigenvalue weighted by atomic mass is 9.94. The highest BCUT2D eigenvalue weighted by Gasteiger charge is 2.47. The molecule has 1 unspecified atom stereocenters. The summed E-state index contributed by atoms with van der Waals surface area (Å²) in [7, 11) is 2.77. The average Bonchev–Trinajstić information content (AvgIpc) is 3.10. The van der Waals surface area contributed by atoms with Crippen LogP contribution in [0.1, 0.15) is 17.2 Å². The standard InChI is InChI=1S/C25H18Cl3NO6/c1-34-19-11-17(28)20(35-2)10-15(19)23(31)21-22(12-6-7-18(30)16(27)8-12)29(25(33)24(21)32)14-5-3-4-13(26)9-14/h3-11,22,30-31H,1-2H3/b23-21+. The molecule has 0 radical (unpaired) electrons. The van der Waals surface area contributed by atoms with Crippen LogP contribution in [0.3, 0.4) is 0 Å². The van der Waals surface area contributed by atoms with E-state index >= 15 is 0 Å². The van der Waals surface area contributed by atoms with E-state index in [-0.39, 0.29) is 38.4 Å². The number of ether oxygens (including phenoxy) is 2. The van der Waals surface area contributed by atoms with Gasteiger partial charge in [0.25, 0.3) is 11.7 Å². The number of ketones is 1. The second kappa shape index (κ2) is 9.70.